The normalized spacial score (nSPS) is 15.3. The fourth-order valence-electron chi connectivity index (χ4n) is 2.33. The molecule has 0 atom stereocenters. The molecule has 1 aromatic rings. The van der Waals surface area contributed by atoms with Gasteiger partial charge in [-0.1, -0.05) is 6.92 Å². The van der Waals surface area contributed by atoms with E-state index >= 15 is 0 Å². The average molecular weight is 249 g/mol. The van der Waals surface area contributed by atoms with Gasteiger partial charge in [0.25, 0.3) is 0 Å². The number of nitrogens with zero attached hydrogens (tertiary/aromatic N) is 2. The summed E-state index contributed by atoms with van der Waals surface area (Å²) in [5, 5.41) is 3.36. The van der Waals surface area contributed by atoms with Crippen LogP contribution >= 0.6 is 0 Å². The zero-order chi connectivity index (χ0) is 12.8. The Morgan fingerprint density at radius 3 is 2.89 bits per heavy atom. The van der Waals surface area contributed by atoms with E-state index < -0.39 is 0 Å². The van der Waals surface area contributed by atoms with Crippen LogP contribution < -0.4 is 5.32 Å². The molecule has 0 aromatic carbocycles. The summed E-state index contributed by atoms with van der Waals surface area (Å²) in [6.07, 6.45) is 7.52. The number of carbonyl (C=O) groups is 1. The number of hydrogen-bond acceptors (Lipinski definition) is 2. The molecule has 1 fully saturated rings. The number of hydrogen-bond donors (Lipinski definition) is 1. The Morgan fingerprint density at radius 2 is 2.17 bits per heavy atom. The minimum Gasteiger partial charge on any atom is -0.345 e. The van der Waals surface area contributed by atoms with E-state index in [1.54, 1.807) is 0 Å². The molecule has 1 aromatic heterocycles. The van der Waals surface area contributed by atoms with E-state index in [-0.39, 0.29) is 5.91 Å². The lowest BCUT2D eigenvalue weighted by atomic mass is 10.3. The topological polar surface area (TPSA) is 37.3 Å². The zero-order valence-electron chi connectivity index (χ0n) is 11.2. The predicted molar refractivity (Wildman–Crippen MR) is 72.2 cm³/mol. The van der Waals surface area contributed by atoms with Crippen molar-refractivity contribution in [2.75, 3.05) is 19.6 Å². The molecule has 0 radical (unpaired) electrons. The van der Waals surface area contributed by atoms with Gasteiger partial charge in [-0.2, -0.15) is 0 Å². The fraction of sp³-hybridized carbons (Fsp3) is 0.643. The second-order valence-electron chi connectivity index (χ2n) is 4.96. The molecule has 0 spiro atoms. The maximum atomic E-state index is 12.0. The first kappa shape index (κ1) is 13.1. The van der Waals surface area contributed by atoms with E-state index in [0.29, 0.717) is 6.54 Å². The lowest BCUT2D eigenvalue weighted by molar-refractivity contribution is -0.130. The van der Waals surface area contributed by atoms with Crippen molar-refractivity contribution in [1.29, 1.82) is 0 Å². The largest absolute Gasteiger partial charge is 0.345 e. The van der Waals surface area contributed by atoms with Crippen molar-refractivity contribution >= 4 is 5.91 Å². The van der Waals surface area contributed by atoms with Gasteiger partial charge in [-0.25, -0.2) is 0 Å². The molecule has 18 heavy (non-hydrogen) atoms. The third-order valence-electron chi connectivity index (χ3n) is 3.34. The standard InChI is InChI=1S/C14H23N3O/c1-2-6-15-10-13-5-9-16(11-13)12-14(18)17-7-3-4-8-17/h5,9,11,15H,2-4,6-8,10,12H2,1H3. The van der Waals surface area contributed by atoms with Gasteiger partial charge in [0.05, 0.1) is 0 Å². The van der Waals surface area contributed by atoms with Crippen molar-refractivity contribution in [1.82, 2.24) is 14.8 Å². The number of likely N-dealkylation sites (tertiary alicyclic amines) is 1. The van der Waals surface area contributed by atoms with E-state index in [4.69, 9.17) is 0 Å². The van der Waals surface area contributed by atoms with Crippen LogP contribution in [0.25, 0.3) is 0 Å². The van der Waals surface area contributed by atoms with Gasteiger partial charge in [0.2, 0.25) is 5.91 Å². The smallest absolute Gasteiger partial charge is 0.242 e. The van der Waals surface area contributed by atoms with Crippen LogP contribution in [-0.4, -0.2) is 35.0 Å². The number of rotatable bonds is 6. The SMILES string of the molecule is CCCNCc1ccn(CC(=O)N2CCCC2)c1. The molecule has 100 valence electrons. The van der Waals surface area contributed by atoms with Crippen molar-refractivity contribution in [3.8, 4) is 0 Å². The highest BCUT2D eigenvalue weighted by molar-refractivity contribution is 5.76. The van der Waals surface area contributed by atoms with Gasteiger partial charge in [-0.05, 0) is 37.4 Å². The minimum absolute atomic E-state index is 0.246. The summed E-state index contributed by atoms with van der Waals surface area (Å²) in [5.74, 6) is 0.246. The van der Waals surface area contributed by atoms with Crippen LogP contribution in [0.2, 0.25) is 0 Å². The summed E-state index contributed by atoms with van der Waals surface area (Å²) >= 11 is 0. The van der Waals surface area contributed by atoms with Crippen LogP contribution in [0.3, 0.4) is 0 Å². The first-order valence-electron chi connectivity index (χ1n) is 6.92. The molecule has 1 amide bonds. The third kappa shape index (κ3) is 3.60. The number of aromatic nitrogens is 1. The van der Waals surface area contributed by atoms with Crippen LogP contribution in [0.1, 0.15) is 31.7 Å². The summed E-state index contributed by atoms with van der Waals surface area (Å²) in [7, 11) is 0. The number of amides is 1. The van der Waals surface area contributed by atoms with Gasteiger partial charge < -0.3 is 14.8 Å². The highest BCUT2D eigenvalue weighted by Gasteiger charge is 2.17. The molecule has 1 N–H and O–H groups in total. The van der Waals surface area contributed by atoms with Gasteiger partial charge in [-0.3, -0.25) is 4.79 Å². The van der Waals surface area contributed by atoms with Crippen molar-refractivity contribution in [2.45, 2.75) is 39.3 Å². The second-order valence-corrected chi connectivity index (χ2v) is 4.96. The first-order chi connectivity index (χ1) is 8.79. The van der Waals surface area contributed by atoms with Crippen molar-refractivity contribution < 1.29 is 4.79 Å². The van der Waals surface area contributed by atoms with Crippen LogP contribution in [0.4, 0.5) is 0 Å². The Morgan fingerprint density at radius 1 is 1.39 bits per heavy atom. The van der Waals surface area contributed by atoms with E-state index in [9.17, 15) is 4.79 Å². The first-order valence-corrected chi connectivity index (χ1v) is 6.92. The highest BCUT2D eigenvalue weighted by Crippen LogP contribution is 2.09. The Kier molecular flexibility index (Phi) is 4.81. The number of nitrogens with one attached hydrogen (secondary N) is 1. The highest BCUT2D eigenvalue weighted by atomic mass is 16.2. The van der Waals surface area contributed by atoms with Crippen LogP contribution in [0, 0.1) is 0 Å². The predicted octanol–water partition coefficient (Wildman–Crippen LogP) is 1.61. The molecule has 0 aliphatic carbocycles. The zero-order valence-corrected chi connectivity index (χ0v) is 11.2. The minimum atomic E-state index is 0.246. The van der Waals surface area contributed by atoms with Gasteiger partial charge in [0, 0.05) is 32.0 Å². The Bertz CT molecular complexity index is 380. The molecular formula is C14H23N3O. The molecule has 4 heteroatoms. The van der Waals surface area contributed by atoms with E-state index in [1.165, 1.54) is 5.56 Å². The van der Waals surface area contributed by atoms with E-state index in [0.717, 1.165) is 45.4 Å². The maximum Gasteiger partial charge on any atom is 0.242 e. The molecule has 0 unspecified atom stereocenters. The van der Waals surface area contributed by atoms with Crippen LogP contribution in [0.5, 0.6) is 0 Å². The maximum absolute atomic E-state index is 12.0. The monoisotopic (exact) mass is 249 g/mol. The van der Waals surface area contributed by atoms with Crippen molar-refractivity contribution in [3.05, 3.63) is 24.0 Å². The van der Waals surface area contributed by atoms with Crippen molar-refractivity contribution in [2.24, 2.45) is 0 Å². The van der Waals surface area contributed by atoms with E-state index in [1.807, 2.05) is 15.7 Å². The molecule has 0 bridgehead atoms. The second kappa shape index (κ2) is 6.59. The summed E-state index contributed by atoms with van der Waals surface area (Å²) in [5.41, 5.74) is 1.25. The fourth-order valence-corrected chi connectivity index (χ4v) is 2.33. The van der Waals surface area contributed by atoms with Gasteiger partial charge >= 0.3 is 0 Å². The summed E-state index contributed by atoms with van der Waals surface area (Å²) < 4.78 is 1.99. The summed E-state index contributed by atoms with van der Waals surface area (Å²) in [4.78, 5) is 13.9. The molecule has 4 nitrogen and oxygen atoms in total. The molecule has 1 aliphatic heterocycles. The molecule has 1 saturated heterocycles. The van der Waals surface area contributed by atoms with Gasteiger partial charge in [-0.15, -0.1) is 0 Å². The van der Waals surface area contributed by atoms with Crippen LogP contribution in [-0.2, 0) is 17.9 Å². The lowest BCUT2D eigenvalue weighted by Gasteiger charge is -2.15. The van der Waals surface area contributed by atoms with Crippen molar-refractivity contribution in [3.63, 3.8) is 0 Å². The van der Waals surface area contributed by atoms with Gasteiger partial charge in [0.1, 0.15) is 6.54 Å². The Hall–Kier alpha value is -1.29. The molecular weight excluding hydrogens is 226 g/mol. The van der Waals surface area contributed by atoms with Gasteiger partial charge in [0.15, 0.2) is 0 Å². The molecule has 0 saturated carbocycles. The lowest BCUT2D eigenvalue weighted by Crippen LogP contribution is -2.30. The molecule has 2 heterocycles. The third-order valence-corrected chi connectivity index (χ3v) is 3.34. The van der Waals surface area contributed by atoms with Crippen LogP contribution in [0.15, 0.2) is 18.5 Å². The van der Waals surface area contributed by atoms with E-state index in [2.05, 4.69) is 24.5 Å². The Labute approximate surface area is 109 Å². The Balaban J connectivity index is 1.80. The number of carbonyl (C=O) groups excluding carboxylic acids is 1. The molecule has 2 rings (SSSR count). The average Bonchev–Trinajstić information content (AvgIpc) is 3.00. The quantitative estimate of drug-likeness (QED) is 0.778. The molecule has 1 aliphatic rings. The summed E-state index contributed by atoms with van der Waals surface area (Å²) in [6.45, 7) is 6.44. The summed E-state index contributed by atoms with van der Waals surface area (Å²) in [6, 6.07) is 2.08.